The van der Waals surface area contributed by atoms with Crippen LogP contribution in [0.1, 0.15) is 41.5 Å². The van der Waals surface area contributed by atoms with Gasteiger partial charge in [0.25, 0.3) is 0 Å². The summed E-state index contributed by atoms with van der Waals surface area (Å²) in [5, 5.41) is 0. The fourth-order valence-corrected chi connectivity index (χ4v) is 0. The summed E-state index contributed by atoms with van der Waals surface area (Å²) >= 11 is 0. The predicted molar refractivity (Wildman–Crippen MR) is 40.5 cm³/mol. The van der Waals surface area contributed by atoms with Crippen molar-refractivity contribution >= 4 is 0 Å². The largest absolute Gasteiger partial charge is 0.323 e. The van der Waals surface area contributed by atoms with Crippen LogP contribution >= 0.6 is 0 Å². The Bertz CT molecular complexity index is 35.3. The van der Waals surface area contributed by atoms with Gasteiger partial charge in [-0.3, -0.25) is 0 Å². The molecule has 0 amide bonds. The van der Waals surface area contributed by atoms with Gasteiger partial charge in [-0.25, -0.2) is 0 Å². The van der Waals surface area contributed by atoms with E-state index in [1.165, 1.54) is 11.8 Å². The van der Waals surface area contributed by atoms with Crippen LogP contribution in [0, 0.1) is 105 Å². The van der Waals surface area contributed by atoms with Gasteiger partial charge in [-0.05, 0) is 0 Å². The Morgan fingerprint density at radius 1 is 0.429 bits per heavy atom. The Balaban J connectivity index is -0.00000000600. The van der Waals surface area contributed by atoms with Crippen LogP contribution in [0.3, 0.4) is 0 Å². The zero-order valence-electron chi connectivity index (χ0n) is 10.2. The molecule has 0 atom stereocenters. The molecule has 0 fully saturated rings. The summed E-state index contributed by atoms with van der Waals surface area (Å²) in [6.07, 6.45) is 0. The van der Waals surface area contributed by atoms with Gasteiger partial charge in [-0.15, -0.1) is 0 Å². The Hall–Kier alpha value is 6.47. The molecule has 0 heterocycles. The van der Waals surface area contributed by atoms with E-state index in [4.69, 9.17) is 0 Å². The second-order valence-electron chi connectivity index (χ2n) is 3.00. The van der Waals surface area contributed by atoms with Crippen LogP contribution in [0.25, 0.3) is 0 Å². The Morgan fingerprint density at radius 3 is 0.429 bits per heavy atom. The van der Waals surface area contributed by atoms with Gasteiger partial charge in [0.15, 0.2) is 0 Å². The van der Waals surface area contributed by atoms with E-state index in [9.17, 15) is 0 Å². The molecule has 0 rings (SSSR count). The van der Waals surface area contributed by atoms with Crippen molar-refractivity contribution in [2.75, 3.05) is 0 Å². The molecular formula is C8H18U3Y3-2. The smallest absolute Gasteiger partial charge is 0 e. The molecule has 14 heavy (non-hydrogen) atoms. The van der Waals surface area contributed by atoms with Crippen molar-refractivity contribution in [1.82, 2.24) is 0 Å². The second-order valence-corrected chi connectivity index (χ2v) is 3.00. The third-order valence-electron chi connectivity index (χ3n) is 0. The van der Waals surface area contributed by atoms with E-state index in [0.717, 1.165) is 0 Å². The molecule has 0 aromatic carbocycles. The van der Waals surface area contributed by atoms with Crippen molar-refractivity contribution in [3.05, 3.63) is 11.8 Å². The molecule has 0 spiro atoms. The van der Waals surface area contributed by atoms with Gasteiger partial charge in [0, 0.05) is 191 Å². The average Bonchev–Trinajstić information content (AvgIpc) is 1.25. The molecule has 0 aromatic rings. The molecule has 0 saturated heterocycles. The molecule has 6 heteroatoms. The molecule has 0 nitrogen and oxygen atoms in total. The van der Waals surface area contributed by atoms with E-state index in [1.807, 2.05) is 0 Å². The van der Waals surface area contributed by atoms with Crippen LogP contribution in [-0.4, -0.2) is 0 Å². The maximum atomic E-state index is 2.08. The molecule has 0 aliphatic carbocycles. The Morgan fingerprint density at radius 2 is 0.429 bits per heavy atom. The summed E-state index contributed by atoms with van der Waals surface area (Å²) in [7, 11) is 0. The van der Waals surface area contributed by atoms with Gasteiger partial charge in [0.05, 0.1) is 0 Å². The normalized spacial score (nSPS) is 5.14. The van der Waals surface area contributed by atoms with Crippen LogP contribution in [0.2, 0.25) is 0 Å². The second kappa shape index (κ2) is 42.7. The van der Waals surface area contributed by atoms with Gasteiger partial charge in [-0.2, -0.15) is 41.5 Å². The zero-order valence-corrected chi connectivity index (χ0v) is 31.2. The molecule has 0 aliphatic rings. The molecular weight excluding hydrogens is 1080 g/mol. The van der Waals surface area contributed by atoms with E-state index in [-0.39, 0.29) is 191 Å². The third-order valence-corrected chi connectivity index (χ3v) is 0. The average molecular weight is 1100 g/mol. The number of hydrogen-bond acceptors (Lipinski definition) is 0. The van der Waals surface area contributed by atoms with Crippen molar-refractivity contribution in [3.8, 4) is 0 Å². The summed E-state index contributed by atoms with van der Waals surface area (Å²) < 4.78 is 0. The van der Waals surface area contributed by atoms with Crippen molar-refractivity contribution in [2.45, 2.75) is 41.5 Å². The maximum Gasteiger partial charge on any atom is 0 e. The molecule has 0 saturated carbocycles. The van der Waals surface area contributed by atoms with Crippen LogP contribution in [-0.2, 0) is 98.1 Å². The summed E-state index contributed by atoms with van der Waals surface area (Å²) in [5.74, 6) is 2.83. The quantitative estimate of drug-likeness (QED) is 0.328. The zero-order chi connectivity index (χ0) is 7.15. The molecule has 3 radical (unpaired) electrons. The molecule has 0 bridgehead atoms. The predicted octanol–water partition coefficient (Wildman–Crippen LogP) is 3.23. The molecule has 0 aliphatic heterocycles. The van der Waals surface area contributed by atoms with E-state index < -0.39 is 0 Å². The van der Waals surface area contributed by atoms with Gasteiger partial charge in [0.2, 0.25) is 0 Å². The van der Waals surface area contributed by atoms with E-state index in [1.54, 1.807) is 0 Å². The van der Waals surface area contributed by atoms with Crippen LogP contribution in [0.5, 0.6) is 0 Å². The monoisotopic (exact) mass is 1100 g/mol. The van der Waals surface area contributed by atoms with Gasteiger partial charge in [0.1, 0.15) is 0 Å². The van der Waals surface area contributed by atoms with E-state index >= 15 is 0 Å². The third kappa shape index (κ3) is 135. The molecule has 0 unspecified atom stereocenters. The van der Waals surface area contributed by atoms with Gasteiger partial charge >= 0.3 is 0 Å². The van der Waals surface area contributed by atoms with Crippen molar-refractivity contribution in [2.24, 2.45) is 0 Å². The Labute approximate surface area is 238 Å². The topological polar surface area (TPSA) is 0 Å². The summed E-state index contributed by atoms with van der Waals surface area (Å²) in [5.41, 5.74) is 0. The minimum atomic E-state index is 0. The SMILES string of the molecule is C[C-](C)C.C[C-](C)C.[U].[U].[U].[Y].[Y].[Y]. The maximum absolute atomic E-state index is 2.08. The minimum absolute atomic E-state index is 0. The van der Waals surface area contributed by atoms with Crippen LogP contribution in [0.4, 0.5) is 0 Å². The van der Waals surface area contributed by atoms with E-state index in [2.05, 4.69) is 41.5 Å². The van der Waals surface area contributed by atoms with Crippen molar-refractivity contribution in [3.63, 3.8) is 0 Å². The molecule has 0 aromatic heterocycles. The molecule has 73 valence electrons. The van der Waals surface area contributed by atoms with Crippen molar-refractivity contribution < 1.29 is 191 Å². The van der Waals surface area contributed by atoms with Crippen LogP contribution < -0.4 is 0 Å². The van der Waals surface area contributed by atoms with Crippen molar-refractivity contribution in [1.29, 1.82) is 0 Å². The van der Waals surface area contributed by atoms with Gasteiger partial charge in [-0.1, -0.05) is 0 Å². The number of hydrogen-bond donors (Lipinski definition) is 0. The first kappa shape index (κ1) is 49.9. The first-order chi connectivity index (χ1) is 3.46. The summed E-state index contributed by atoms with van der Waals surface area (Å²) in [6, 6.07) is 0. The molecule has 0 N–H and O–H groups in total. The first-order valence-corrected chi connectivity index (χ1v) is 3.00. The summed E-state index contributed by atoms with van der Waals surface area (Å²) in [6.45, 7) is 12.5. The standard InChI is InChI=1S/2C4H9.3U.3Y/c2*1-4(2)3;;;;;;/h2*1-3H3;;;;;;/q2*-1;;;;;;. The van der Waals surface area contributed by atoms with Gasteiger partial charge < -0.3 is 11.8 Å². The fourth-order valence-electron chi connectivity index (χ4n) is 0. The number of rotatable bonds is 0. The summed E-state index contributed by atoms with van der Waals surface area (Å²) in [4.78, 5) is 0. The van der Waals surface area contributed by atoms with Crippen LogP contribution in [0.15, 0.2) is 0 Å². The fraction of sp³-hybridized carbons (Fsp3) is 0.750. The minimum Gasteiger partial charge on any atom is -0.323 e. The Kier molecular flexibility index (Phi) is 152. The van der Waals surface area contributed by atoms with E-state index in [0.29, 0.717) is 0 Å². The first-order valence-electron chi connectivity index (χ1n) is 3.00.